The van der Waals surface area contributed by atoms with Crippen LogP contribution in [-0.4, -0.2) is 37.2 Å². The molecule has 2 atom stereocenters. The molecule has 0 saturated carbocycles. The zero-order valence-electron chi connectivity index (χ0n) is 13.8. The second kappa shape index (κ2) is 8.25. The fourth-order valence-corrected chi connectivity index (χ4v) is 3.40. The standard InChI is InChI=1S/C20H26N2O/c1-23-20-14-21-13-12-19(20)22(15-17-8-4-2-5-9-17)16-18-10-6-3-7-11-18/h2-11,19-21H,12-16H2,1H3/t19-,20?/m1/s1. The molecule has 1 fully saturated rings. The summed E-state index contributed by atoms with van der Waals surface area (Å²) >= 11 is 0. The topological polar surface area (TPSA) is 24.5 Å². The summed E-state index contributed by atoms with van der Waals surface area (Å²) in [5.41, 5.74) is 2.72. The summed E-state index contributed by atoms with van der Waals surface area (Å²) < 4.78 is 5.76. The van der Waals surface area contributed by atoms with Gasteiger partial charge in [-0.3, -0.25) is 4.90 Å². The molecule has 2 aromatic carbocycles. The summed E-state index contributed by atoms with van der Waals surface area (Å²) in [4.78, 5) is 2.57. The highest BCUT2D eigenvalue weighted by molar-refractivity contribution is 5.17. The number of piperidine rings is 1. The predicted octanol–water partition coefficient (Wildman–Crippen LogP) is 3.07. The molecule has 1 saturated heterocycles. The van der Waals surface area contributed by atoms with E-state index in [-0.39, 0.29) is 6.10 Å². The normalized spacial score (nSPS) is 21.5. The molecule has 0 radical (unpaired) electrons. The lowest BCUT2D eigenvalue weighted by Crippen LogP contribution is -2.53. The third-order valence-corrected chi connectivity index (χ3v) is 4.62. The van der Waals surface area contributed by atoms with Crippen LogP contribution in [0.2, 0.25) is 0 Å². The predicted molar refractivity (Wildman–Crippen MR) is 94.2 cm³/mol. The van der Waals surface area contributed by atoms with Gasteiger partial charge >= 0.3 is 0 Å². The van der Waals surface area contributed by atoms with Crippen molar-refractivity contribution in [3.63, 3.8) is 0 Å². The zero-order chi connectivity index (χ0) is 15.9. The first-order valence-corrected chi connectivity index (χ1v) is 8.42. The Morgan fingerprint density at radius 2 is 1.52 bits per heavy atom. The van der Waals surface area contributed by atoms with Crippen LogP contribution in [0.25, 0.3) is 0 Å². The van der Waals surface area contributed by atoms with Crippen molar-refractivity contribution in [3.8, 4) is 0 Å². The molecule has 1 N–H and O–H groups in total. The van der Waals surface area contributed by atoms with Gasteiger partial charge in [0.05, 0.1) is 6.10 Å². The van der Waals surface area contributed by atoms with E-state index < -0.39 is 0 Å². The molecule has 3 nitrogen and oxygen atoms in total. The molecule has 0 spiro atoms. The van der Waals surface area contributed by atoms with Crippen molar-refractivity contribution in [2.24, 2.45) is 0 Å². The summed E-state index contributed by atoms with van der Waals surface area (Å²) in [7, 11) is 1.83. The Morgan fingerprint density at radius 1 is 0.957 bits per heavy atom. The quantitative estimate of drug-likeness (QED) is 0.887. The van der Waals surface area contributed by atoms with Crippen LogP contribution in [0.5, 0.6) is 0 Å². The number of hydrogen-bond acceptors (Lipinski definition) is 3. The number of ether oxygens (including phenoxy) is 1. The first-order valence-electron chi connectivity index (χ1n) is 8.42. The Balaban J connectivity index is 1.80. The summed E-state index contributed by atoms with van der Waals surface area (Å²) in [5.74, 6) is 0. The van der Waals surface area contributed by atoms with Crippen molar-refractivity contribution in [3.05, 3.63) is 71.8 Å². The van der Waals surface area contributed by atoms with Crippen LogP contribution >= 0.6 is 0 Å². The minimum absolute atomic E-state index is 0.246. The Hall–Kier alpha value is -1.68. The van der Waals surface area contributed by atoms with E-state index in [1.807, 2.05) is 7.11 Å². The summed E-state index contributed by atoms with van der Waals surface area (Å²) in [6, 6.07) is 21.9. The Morgan fingerprint density at radius 3 is 2.04 bits per heavy atom. The van der Waals surface area contributed by atoms with E-state index in [1.165, 1.54) is 11.1 Å². The minimum Gasteiger partial charge on any atom is -0.378 e. The first-order chi connectivity index (χ1) is 11.4. The third kappa shape index (κ3) is 4.41. The van der Waals surface area contributed by atoms with Crippen molar-refractivity contribution in [2.75, 3.05) is 20.2 Å². The van der Waals surface area contributed by atoms with Crippen molar-refractivity contribution >= 4 is 0 Å². The molecular formula is C20H26N2O. The van der Waals surface area contributed by atoms with Crippen molar-refractivity contribution in [2.45, 2.75) is 31.7 Å². The van der Waals surface area contributed by atoms with Crippen LogP contribution in [-0.2, 0) is 17.8 Å². The Kier molecular flexibility index (Phi) is 5.81. The maximum atomic E-state index is 5.76. The molecule has 1 aliphatic rings. The number of rotatable bonds is 6. The molecule has 1 unspecified atom stereocenters. The second-order valence-corrected chi connectivity index (χ2v) is 6.21. The van der Waals surface area contributed by atoms with E-state index in [2.05, 4.69) is 70.9 Å². The third-order valence-electron chi connectivity index (χ3n) is 4.62. The Bertz CT molecular complexity index is 531. The van der Waals surface area contributed by atoms with E-state index in [1.54, 1.807) is 0 Å². The van der Waals surface area contributed by atoms with E-state index >= 15 is 0 Å². The van der Waals surface area contributed by atoms with Gasteiger partial charge in [0.2, 0.25) is 0 Å². The zero-order valence-corrected chi connectivity index (χ0v) is 13.8. The van der Waals surface area contributed by atoms with Gasteiger partial charge in [0.1, 0.15) is 0 Å². The SMILES string of the molecule is COC1CNCC[C@H]1N(Cc1ccccc1)Cc1ccccc1. The van der Waals surface area contributed by atoms with Gasteiger partial charge in [-0.1, -0.05) is 60.7 Å². The van der Waals surface area contributed by atoms with Crippen molar-refractivity contribution in [1.29, 1.82) is 0 Å². The summed E-state index contributed by atoms with van der Waals surface area (Å²) in [6.07, 6.45) is 1.37. The maximum absolute atomic E-state index is 5.76. The van der Waals surface area contributed by atoms with Gasteiger partial charge in [0.15, 0.2) is 0 Å². The average Bonchev–Trinajstić information content (AvgIpc) is 2.63. The van der Waals surface area contributed by atoms with Crippen LogP contribution < -0.4 is 5.32 Å². The molecule has 0 aromatic heterocycles. The second-order valence-electron chi connectivity index (χ2n) is 6.21. The fourth-order valence-electron chi connectivity index (χ4n) is 3.40. The molecule has 0 aliphatic carbocycles. The lowest BCUT2D eigenvalue weighted by molar-refractivity contribution is -0.00919. The van der Waals surface area contributed by atoms with Gasteiger partial charge in [-0.05, 0) is 24.1 Å². The van der Waals surface area contributed by atoms with Crippen molar-refractivity contribution in [1.82, 2.24) is 10.2 Å². The molecule has 1 heterocycles. The van der Waals surface area contributed by atoms with Gasteiger partial charge < -0.3 is 10.1 Å². The lowest BCUT2D eigenvalue weighted by atomic mass is 9.99. The molecule has 122 valence electrons. The van der Waals surface area contributed by atoms with Crippen LogP contribution in [0.4, 0.5) is 0 Å². The molecular weight excluding hydrogens is 284 g/mol. The fraction of sp³-hybridized carbons (Fsp3) is 0.400. The number of benzene rings is 2. The van der Waals surface area contributed by atoms with Gasteiger partial charge in [0, 0.05) is 32.8 Å². The van der Waals surface area contributed by atoms with E-state index in [4.69, 9.17) is 4.74 Å². The first kappa shape index (κ1) is 16.2. The molecule has 2 aromatic rings. The number of nitrogens with zero attached hydrogens (tertiary/aromatic N) is 1. The van der Waals surface area contributed by atoms with Crippen LogP contribution in [0.15, 0.2) is 60.7 Å². The molecule has 23 heavy (non-hydrogen) atoms. The van der Waals surface area contributed by atoms with Gasteiger partial charge in [-0.2, -0.15) is 0 Å². The van der Waals surface area contributed by atoms with Gasteiger partial charge in [-0.25, -0.2) is 0 Å². The van der Waals surface area contributed by atoms with Crippen LogP contribution in [0.1, 0.15) is 17.5 Å². The van der Waals surface area contributed by atoms with Gasteiger partial charge in [-0.15, -0.1) is 0 Å². The summed E-state index contributed by atoms with van der Waals surface area (Å²) in [5, 5.41) is 3.45. The average molecular weight is 310 g/mol. The van der Waals surface area contributed by atoms with Crippen molar-refractivity contribution < 1.29 is 4.74 Å². The van der Waals surface area contributed by atoms with E-state index in [9.17, 15) is 0 Å². The molecule has 3 rings (SSSR count). The molecule has 1 aliphatic heterocycles. The maximum Gasteiger partial charge on any atom is 0.0851 e. The largest absolute Gasteiger partial charge is 0.378 e. The summed E-state index contributed by atoms with van der Waals surface area (Å²) in [6.45, 7) is 3.91. The smallest absolute Gasteiger partial charge is 0.0851 e. The molecule has 0 bridgehead atoms. The van der Waals surface area contributed by atoms with Gasteiger partial charge in [0.25, 0.3) is 0 Å². The number of methoxy groups -OCH3 is 1. The highest BCUT2D eigenvalue weighted by Gasteiger charge is 2.30. The lowest BCUT2D eigenvalue weighted by Gasteiger charge is -2.39. The highest BCUT2D eigenvalue weighted by atomic mass is 16.5. The molecule has 3 heteroatoms. The van der Waals surface area contributed by atoms with Crippen LogP contribution in [0.3, 0.4) is 0 Å². The monoisotopic (exact) mass is 310 g/mol. The van der Waals surface area contributed by atoms with E-state index in [0.29, 0.717) is 6.04 Å². The number of hydrogen-bond donors (Lipinski definition) is 1. The van der Waals surface area contributed by atoms with Crippen LogP contribution in [0, 0.1) is 0 Å². The minimum atomic E-state index is 0.246. The number of nitrogens with one attached hydrogen (secondary N) is 1. The Labute approximate surface area is 139 Å². The van der Waals surface area contributed by atoms with E-state index in [0.717, 1.165) is 32.6 Å². The molecule has 0 amide bonds. The highest BCUT2D eigenvalue weighted by Crippen LogP contribution is 2.20.